The Bertz CT molecular complexity index is 232. The monoisotopic (exact) mass is 140 g/mol. The zero-order chi connectivity index (χ0) is 6.91. The molecule has 9 heavy (non-hydrogen) atoms. The maximum absolute atomic E-state index is 11.2. The number of allylic oxidation sites excluding steroid dienone is 1. The first-order valence-corrected chi connectivity index (χ1v) is 5.29. The van der Waals surface area contributed by atoms with Crippen LogP contribution in [-0.4, -0.2) is 12.8 Å². The Kier molecular flexibility index (Phi) is 1.51. The molecule has 0 aliphatic carbocycles. The summed E-state index contributed by atoms with van der Waals surface area (Å²) in [6, 6.07) is 0. The van der Waals surface area contributed by atoms with E-state index in [1.165, 1.54) is 0 Å². The van der Waals surface area contributed by atoms with Crippen molar-refractivity contribution in [3.8, 4) is 12.3 Å². The van der Waals surface area contributed by atoms with Crippen LogP contribution in [0.25, 0.3) is 0 Å². The molecule has 1 unspecified atom stereocenters. The van der Waals surface area contributed by atoms with Crippen molar-refractivity contribution in [2.75, 3.05) is 12.8 Å². The fourth-order valence-electron chi connectivity index (χ4n) is 0.911. The highest BCUT2D eigenvalue weighted by molar-refractivity contribution is 7.66. The third-order valence-corrected chi connectivity index (χ3v) is 3.41. The molecule has 0 aromatic rings. The van der Waals surface area contributed by atoms with E-state index in [1.807, 2.05) is 0 Å². The summed E-state index contributed by atoms with van der Waals surface area (Å²) >= 11 is 0. The summed E-state index contributed by atoms with van der Waals surface area (Å²) < 4.78 is 11.2. The molecular weight excluding hydrogens is 131 g/mol. The molecule has 0 radical (unpaired) electrons. The van der Waals surface area contributed by atoms with Crippen molar-refractivity contribution in [2.45, 2.75) is 6.42 Å². The first-order chi connectivity index (χ1) is 4.14. The van der Waals surface area contributed by atoms with Crippen LogP contribution in [0.1, 0.15) is 6.42 Å². The molecule has 1 rings (SSSR count). The third-order valence-electron chi connectivity index (χ3n) is 1.44. The van der Waals surface area contributed by atoms with Gasteiger partial charge in [0, 0.05) is 11.7 Å². The van der Waals surface area contributed by atoms with Gasteiger partial charge in [0.25, 0.3) is 0 Å². The van der Waals surface area contributed by atoms with Gasteiger partial charge in [-0.1, -0.05) is 5.92 Å². The highest BCUT2D eigenvalue weighted by Gasteiger charge is 2.19. The predicted octanol–water partition coefficient (Wildman–Crippen LogP) is 1.90. The van der Waals surface area contributed by atoms with E-state index in [1.54, 1.807) is 12.5 Å². The van der Waals surface area contributed by atoms with Crippen molar-refractivity contribution in [1.82, 2.24) is 0 Å². The lowest BCUT2D eigenvalue weighted by atomic mass is 10.3. The molecule has 0 spiro atoms. The van der Waals surface area contributed by atoms with Gasteiger partial charge in [-0.15, -0.1) is 6.42 Å². The lowest BCUT2D eigenvalue weighted by molar-refractivity contribution is 0.585. The summed E-state index contributed by atoms with van der Waals surface area (Å²) in [5.74, 6) is 4.27. The topological polar surface area (TPSA) is 17.1 Å². The van der Waals surface area contributed by atoms with Gasteiger partial charge in [-0.2, -0.15) is 0 Å². The highest BCUT2D eigenvalue weighted by atomic mass is 31.2. The average molecular weight is 140 g/mol. The van der Waals surface area contributed by atoms with Crippen LogP contribution in [-0.2, 0) is 4.57 Å². The van der Waals surface area contributed by atoms with E-state index in [4.69, 9.17) is 6.42 Å². The minimum Gasteiger partial charge on any atom is -0.319 e. The predicted molar refractivity (Wildman–Crippen MR) is 39.9 cm³/mol. The van der Waals surface area contributed by atoms with Gasteiger partial charge in [0.1, 0.15) is 7.14 Å². The van der Waals surface area contributed by atoms with Crippen molar-refractivity contribution < 1.29 is 4.57 Å². The molecule has 1 nitrogen and oxygen atoms in total. The molecule has 1 aliphatic rings. The second-order valence-electron chi connectivity index (χ2n) is 2.45. The standard InChI is InChI=1S/C7H9OP/c1-3-7-4-5-9(2,8)6-7/h1,6H,4-5H2,2H3. The Morgan fingerprint density at radius 1 is 1.89 bits per heavy atom. The first-order valence-electron chi connectivity index (χ1n) is 2.89. The van der Waals surface area contributed by atoms with Gasteiger partial charge in [0.15, 0.2) is 0 Å². The summed E-state index contributed by atoms with van der Waals surface area (Å²) in [6.07, 6.45) is 6.72. The van der Waals surface area contributed by atoms with Gasteiger partial charge < -0.3 is 4.57 Å². The Balaban J connectivity index is 2.88. The van der Waals surface area contributed by atoms with Crippen LogP contribution in [0.2, 0.25) is 0 Å². The lowest BCUT2D eigenvalue weighted by Gasteiger charge is -1.94. The molecule has 48 valence electrons. The molecule has 1 atom stereocenters. The minimum atomic E-state index is -1.92. The molecule has 1 heterocycles. The second-order valence-corrected chi connectivity index (χ2v) is 5.50. The molecule has 0 saturated carbocycles. The third kappa shape index (κ3) is 1.47. The summed E-state index contributed by atoms with van der Waals surface area (Å²) in [5.41, 5.74) is 0.917. The molecule has 2 heteroatoms. The molecule has 0 aromatic carbocycles. The summed E-state index contributed by atoms with van der Waals surface area (Å²) in [6.45, 7) is 1.78. The molecule has 0 fully saturated rings. The van der Waals surface area contributed by atoms with E-state index in [0.717, 1.165) is 18.2 Å². The SMILES string of the molecule is C#CC1=CP(C)(=O)CC1. The van der Waals surface area contributed by atoms with Crippen molar-refractivity contribution >= 4 is 7.14 Å². The smallest absolute Gasteiger partial charge is 0.107 e. The molecule has 0 N–H and O–H groups in total. The Morgan fingerprint density at radius 3 is 2.78 bits per heavy atom. The van der Waals surface area contributed by atoms with Crippen LogP contribution in [0.3, 0.4) is 0 Å². The maximum atomic E-state index is 11.2. The van der Waals surface area contributed by atoms with E-state index in [2.05, 4.69) is 5.92 Å². The Labute approximate surface area is 55.5 Å². The molecule has 0 saturated heterocycles. The van der Waals surface area contributed by atoms with Gasteiger partial charge in [0.2, 0.25) is 0 Å². The minimum absolute atomic E-state index is 0.770. The van der Waals surface area contributed by atoms with Gasteiger partial charge in [-0.25, -0.2) is 0 Å². The van der Waals surface area contributed by atoms with E-state index in [-0.39, 0.29) is 0 Å². The van der Waals surface area contributed by atoms with Crippen LogP contribution in [0.5, 0.6) is 0 Å². The molecular formula is C7H9OP. The second kappa shape index (κ2) is 2.05. The average Bonchev–Trinajstić information content (AvgIpc) is 2.10. The van der Waals surface area contributed by atoms with Crippen LogP contribution in [0.15, 0.2) is 11.4 Å². The van der Waals surface area contributed by atoms with Gasteiger partial charge >= 0.3 is 0 Å². The first kappa shape index (κ1) is 6.65. The van der Waals surface area contributed by atoms with E-state index in [0.29, 0.717) is 0 Å². The summed E-state index contributed by atoms with van der Waals surface area (Å²) in [5, 5.41) is 0. The number of rotatable bonds is 0. The summed E-state index contributed by atoms with van der Waals surface area (Å²) in [7, 11) is -1.92. The van der Waals surface area contributed by atoms with Crippen LogP contribution in [0.4, 0.5) is 0 Å². The van der Waals surface area contributed by atoms with E-state index in [9.17, 15) is 4.57 Å². The molecule has 0 amide bonds. The number of terminal acetylenes is 1. The number of hydrogen-bond donors (Lipinski definition) is 0. The van der Waals surface area contributed by atoms with E-state index >= 15 is 0 Å². The summed E-state index contributed by atoms with van der Waals surface area (Å²) in [4.78, 5) is 0. The van der Waals surface area contributed by atoms with Crippen molar-refractivity contribution in [3.63, 3.8) is 0 Å². The van der Waals surface area contributed by atoms with Crippen molar-refractivity contribution in [2.24, 2.45) is 0 Å². The van der Waals surface area contributed by atoms with Crippen molar-refractivity contribution in [3.05, 3.63) is 11.4 Å². The molecule has 1 aliphatic heterocycles. The zero-order valence-corrected chi connectivity index (χ0v) is 6.32. The largest absolute Gasteiger partial charge is 0.319 e. The molecule has 0 bridgehead atoms. The van der Waals surface area contributed by atoms with Crippen LogP contribution < -0.4 is 0 Å². The van der Waals surface area contributed by atoms with E-state index < -0.39 is 7.14 Å². The van der Waals surface area contributed by atoms with Gasteiger partial charge in [0.05, 0.1) is 0 Å². The van der Waals surface area contributed by atoms with Crippen molar-refractivity contribution in [1.29, 1.82) is 0 Å². The zero-order valence-electron chi connectivity index (χ0n) is 5.42. The Hall–Kier alpha value is -0.470. The van der Waals surface area contributed by atoms with Gasteiger partial charge in [-0.3, -0.25) is 0 Å². The van der Waals surface area contributed by atoms with Crippen LogP contribution >= 0.6 is 7.14 Å². The quantitative estimate of drug-likeness (QED) is 0.371. The lowest BCUT2D eigenvalue weighted by Crippen LogP contribution is -1.74. The maximum Gasteiger partial charge on any atom is 0.107 e. The van der Waals surface area contributed by atoms with Crippen LogP contribution in [0, 0.1) is 12.3 Å². The Morgan fingerprint density at radius 2 is 2.56 bits per heavy atom. The fourth-order valence-corrected chi connectivity index (χ4v) is 2.59. The van der Waals surface area contributed by atoms with Gasteiger partial charge in [-0.05, 0) is 18.9 Å². The fraction of sp³-hybridized carbons (Fsp3) is 0.429. The normalized spacial score (nSPS) is 33.6. The highest BCUT2D eigenvalue weighted by Crippen LogP contribution is 2.50. The molecule has 0 aromatic heterocycles. The number of hydrogen-bond acceptors (Lipinski definition) is 1.